The van der Waals surface area contributed by atoms with Gasteiger partial charge in [0.15, 0.2) is 33.8 Å². The molecule has 0 radical (unpaired) electrons. The Morgan fingerprint density at radius 2 is 0.828 bits per heavy atom. The van der Waals surface area contributed by atoms with Crippen LogP contribution in [0.15, 0.2) is 264 Å². The summed E-state index contributed by atoms with van der Waals surface area (Å²) in [6.07, 6.45) is 1.08. The molecule has 0 N–H and O–H groups in total. The van der Waals surface area contributed by atoms with Crippen molar-refractivity contribution in [2.75, 3.05) is 0 Å². The minimum absolute atomic E-state index is 0.337. The normalized spacial score (nSPS) is 12.1. The third-order valence-electron chi connectivity index (χ3n) is 17.1. The Balaban J connectivity index is 0.000000110. The van der Waals surface area contributed by atoms with Crippen LogP contribution in [0.5, 0.6) is 0 Å². The summed E-state index contributed by atoms with van der Waals surface area (Å²) in [6, 6.07) is 89.3. The molecule has 7 aromatic heterocycles. The van der Waals surface area contributed by atoms with E-state index in [0.29, 0.717) is 28.0 Å². The monoisotopic (exact) mass is 1170 g/mol. The Morgan fingerprint density at radius 3 is 1.49 bits per heavy atom. The molecule has 0 amide bonds. The second kappa shape index (κ2) is 19.8. The second-order valence-electron chi connectivity index (χ2n) is 22.1. The zero-order valence-corrected chi connectivity index (χ0v) is 48.6. The number of nitrogens with zero attached hydrogens (tertiary/aromatic N) is 5. The van der Waals surface area contributed by atoms with Gasteiger partial charge in [0, 0.05) is 73.0 Å². The number of furan rings is 2. The molecule has 10 heteroatoms. The van der Waals surface area contributed by atoms with Crippen molar-refractivity contribution in [2.45, 2.75) is 6.42 Å². The van der Waals surface area contributed by atoms with Gasteiger partial charge < -0.3 is 8.83 Å². The van der Waals surface area contributed by atoms with Gasteiger partial charge in [-0.15, -0.1) is 22.7 Å². The summed E-state index contributed by atoms with van der Waals surface area (Å²) >= 11 is 10.0. The molecule has 19 aromatic rings. The maximum atomic E-state index is 6.58. The first-order valence-electron chi connectivity index (χ1n) is 28.9. The average molecular weight is 1170 g/mol. The topological polar surface area (TPSA) is 82.8 Å². The molecule has 0 bridgehead atoms. The molecule has 20 rings (SSSR count). The molecule has 12 aromatic carbocycles. The van der Waals surface area contributed by atoms with E-state index in [1.165, 1.54) is 94.9 Å². The molecule has 0 saturated carbocycles. The highest BCUT2D eigenvalue weighted by atomic mass is 35.5. The fraction of sp³-hybridized carbons (Fsp3) is 0.0130. The molecule has 1 aliphatic carbocycles. The maximum absolute atomic E-state index is 6.58. The van der Waals surface area contributed by atoms with Crippen LogP contribution in [0.2, 0.25) is 5.15 Å². The third-order valence-corrected chi connectivity index (χ3v) is 19.8. The lowest BCUT2D eigenvalue weighted by Crippen LogP contribution is -2.02. The summed E-state index contributed by atoms with van der Waals surface area (Å²) < 4.78 is 19.6. The second-order valence-corrected chi connectivity index (χ2v) is 24.5. The molecule has 0 saturated heterocycles. The lowest BCUT2D eigenvalue weighted by molar-refractivity contribution is 0.662. The van der Waals surface area contributed by atoms with Crippen molar-refractivity contribution < 1.29 is 8.83 Å². The molecule has 1 aliphatic rings. The van der Waals surface area contributed by atoms with Gasteiger partial charge in [-0.1, -0.05) is 194 Å². The number of benzene rings is 12. The molecule has 0 aliphatic heterocycles. The van der Waals surface area contributed by atoms with Crippen LogP contribution in [0.4, 0.5) is 0 Å². The van der Waals surface area contributed by atoms with Crippen molar-refractivity contribution in [1.82, 2.24) is 24.5 Å². The fourth-order valence-electron chi connectivity index (χ4n) is 13.1. The zero-order chi connectivity index (χ0) is 57.3. The number of para-hydroxylation sites is 3. The predicted molar refractivity (Wildman–Crippen MR) is 364 cm³/mol. The van der Waals surface area contributed by atoms with Gasteiger partial charge in [-0.2, -0.15) is 0 Å². The van der Waals surface area contributed by atoms with E-state index in [0.717, 1.165) is 67.4 Å². The Hall–Kier alpha value is -10.6. The largest absolute Gasteiger partial charge is 0.451 e. The van der Waals surface area contributed by atoms with Gasteiger partial charge in [-0.3, -0.25) is 4.57 Å². The van der Waals surface area contributed by atoms with Crippen LogP contribution in [-0.4, -0.2) is 24.5 Å². The SMILES string of the molecule is Clc1nc(-c2cccc3c2sc2ccccc23)nc2c1oc1ccccc12.c1ccc2c(c1)Cc1cc3ccccc3cc1-2.c1ccc2cc3c(cc2c1)c1ccccc1n3-c1nc(-c2cccc3c2sc2ccccc23)nc2c1oc1ccccc12. The summed E-state index contributed by atoms with van der Waals surface area (Å²) in [7, 11) is 0. The Morgan fingerprint density at radius 1 is 0.345 bits per heavy atom. The van der Waals surface area contributed by atoms with E-state index >= 15 is 0 Å². The quantitative estimate of drug-likeness (QED) is 0.164. The van der Waals surface area contributed by atoms with Crippen LogP contribution in [0.1, 0.15) is 11.1 Å². The van der Waals surface area contributed by atoms with Crippen LogP contribution in [0.25, 0.3) is 168 Å². The Kier molecular flexibility index (Phi) is 11.3. The summed E-state index contributed by atoms with van der Waals surface area (Å²) in [6.45, 7) is 0. The van der Waals surface area contributed by atoms with Crippen LogP contribution in [0.3, 0.4) is 0 Å². The van der Waals surface area contributed by atoms with E-state index in [2.05, 4.69) is 216 Å². The van der Waals surface area contributed by atoms with E-state index in [1.807, 2.05) is 48.5 Å². The average Bonchev–Trinajstić information content (AvgIpc) is 2.44. The van der Waals surface area contributed by atoms with E-state index in [4.69, 9.17) is 35.4 Å². The lowest BCUT2D eigenvalue weighted by atomic mass is 10.0. The van der Waals surface area contributed by atoms with E-state index in [1.54, 1.807) is 22.7 Å². The van der Waals surface area contributed by atoms with E-state index < -0.39 is 0 Å². The smallest absolute Gasteiger partial charge is 0.197 e. The van der Waals surface area contributed by atoms with E-state index in [-0.39, 0.29) is 0 Å². The standard InChI is InChI=1S/C38H21N3OS.C22H11ClN2OS.C17H12/c1-2-11-23-21-31-29(20-22(23)10-1)24-12-3-6-17-30(24)41(31)38-35-34(27-14-4-7-18-32(27)42-35)39-37(40-38)28-16-9-15-26-25-13-5-8-19-33(25)43-36(26)28;23-21-19-18(14-7-1-3-10-16(14)26-19)24-22(25-21)15-9-5-8-13-12-6-2-4-11-17(12)27-20(13)15;1-2-6-13-11-17-15(9-12(13)5-1)10-14-7-3-4-8-16(14)17/h1-21H;1-11H;1-9,11H,10H2. The van der Waals surface area contributed by atoms with Gasteiger partial charge in [-0.25, -0.2) is 19.9 Å². The van der Waals surface area contributed by atoms with Crippen LogP contribution in [-0.2, 0) is 6.42 Å². The number of hydrogen-bond donors (Lipinski definition) is 0. The number of aromatic nitrogens is 5. The summed E-state index contributed by atoms with van der Waals surface area (Å²) in [5.74, 6) is 2.06. The van der Waals surface area contributed by atoms with Gasteiger partial charge in [0.05, 0.1) is 11.0 Å². The highest BCUT2D eigenvalue weighted by molar-refractivity contribution is 7.26. The molecule has 87 heavy (non-hydrogen) atoms. The van der Waals surface area contributed by atoms with Crippen LogP contribution in [0, 0.1) is 0 Å². The molecule has 7 nitrogen and oxygen atoms in total. The first kappa shape index (κ1) is 49.8. The van der Waals surface area contributed by atoms with Gasteiger partial charge >= 0.3 is 0 Å². The van der Waals surface area contributed by atoms with Gasteiger partial charge in [-0.05, 0) is 123 Å². The van der Waals surface area contributed by atoms with Gasteiger partial charge in [0.25, 0.3) is 0 Å². The number of hydrogen-bond acceptors (Lipinski definition) is 8. The maximum Gasteiger partial charge on any atom is 0.197 e. The van der Waals surface area contributed by atoms with Crippen molar-refractivity contribution in [3.8, 4) is 39.7 Å². The molecule has 0 atom stereocenters. The fourth-order valence-corrected chi connectivity index (χ4v) is 15.7. The zero-order valence-electron chi connectivity index (χ0n) is 46.2. The number of halogens is 1. The highest BCUT2D eigenvalue weighted by Crippen LogP contribution is 2.45. The van der Waals surface area contributed by atoms with Crippen molar-refractivity contribution in [3.05, 3.63) is 271 Å². The van der Waals surface area contributed by atoms with Crippen LogP contribution >= 0.6 is 34.3 Å². The molecule has 0 fully saturated rings. The molecular weight excluding hydrogens is 1130 g/mol. The highest BCUT2D eigenvalue weighted by Gasteiger charge is 2.25. The Bertz CT molecular complexity index is 6050. The number of rotatable bonds is 3. The lowest BCUT2D eigenvalue weighted by Gasteiger charge is -2.11. The minimum atomic E-state index is 0.337. The molecular formula is C77H44ClN5O2S2. The van der Waals surface area contributed by atoms with Gasteiger partial charge in [0.1, 0.15) is 22.2 Å². The predicted octanol–water partition coefficient (Wildman–Crippen LogP) is 22.1. The molecule has 0 unspecified atom stereocenters. The van der Waals surface area contributed by atoms with Crippen molar-refractivity contribution >= 4 is 162 Å². The van der Waals surface area contributed by atoms with E-state index in [9.17, 15) is 0 Å². The Labute approximate surface area is 509 Å². The summed E-state index contributed by atoms with van der Waals surface area (Å²) in [4.78, 5) is 20.0. The summed E-state index contributed by atoms with van der Waals surface area (Å²) in [5.41, 5.74) is 14.3. The number of fused-ring (bicyclic) bond motifs is 20. The van der Waals surface area contributed by atoms with Gasteiger partial charge in [0.2, 0.25) is 0 Å². The molecule has 0 spiro atoms. The van der Waals surface area contributed by atoms with Crippen molar-refractivity contribution in [1.29, 1.82) is 0 Å². The van der Waals surface area contributed by atoms with Crippen molar-refractivity contribution in [3.63, 3.8) is 0 Å². The first-order chi connectivity index (χ1) is 43.0. The van der Waals surface area contributed by atoms with Crippen LogP contribution < -0.4 is 0 Å². The van der Waals surface area contributed by atoms with Crippen molar-refractivity contribution in [2.24, 2.45) is 0 Å². The summed E-state index contributed by atoms with van der Waals surface area (Å²) in [5, 5.41) is 14.7. The minimum Gasteiger partial charge on any atom is -0.451 e. The number of thiophene rings is 2. The first-order valence-corrected chi connectivity index (χ1v) is 30.9. The third kappa shape index (κ3) is 8.01. The molecule has 408 valence electrons. The molecule has 7 heterocycles.